The number of carbonyl (C=O) groups excluding carboxylic acids is 1. The smallest absolute Gasteiger partial charge is 0.256 e. The Balaban J connectivity index is 1.42. The number of imidazole rings is 1. The van der Waals surface area contributed by atoms with E-state index >= 15 is 0 Å². The highest BCUT2D eigenvalue weighted by atomic mass is 16.1. The van der Waals surface area contributed by atoms with Crippen molar-refractivity contribution in [3.63, 3.8) is 0 Å². The van der Waals surface area contributed by atoms with Gasteiger partial charge in [0, 0.05) is 11.8 Å². The van der Waals surface area contributed by atoms with Crippen LogP contribution in [-0.2, 0) is 5.41 Å². The molecule has 5 nitrogen and oxygen atoms in total. The maximum Gasteiger partial charge on any atom is 0.256 e. The Labute approximate surface area is 175 Å². The highest BCUT2D eigenvalue weighted by molar-refractivity contribution is 6.03. The van der Waals surface area contributed by atoms with E-state index in [1.165, 1.54) is 12.0 Å². The molecule has 1 fully saturated rings. The van der Waals surface area contributed by atoms with Crippen molar-refractivity contribution in [2.24, 2.45) is 0 Å². The Morgan fingerprint density at radius 3 is 2.57 bits per heavy atom. The van der Waals surface area contributed by atoms with Crippen LogP contribution in [0.5, 0.6) is 0 Å². The number of carbonyl (C=O) groups is 1. The van der Waals surface area contributed by atoms with E-state index < -0.39 is 0 Å². The largest absolute Gasteiger partial charge is 0.341 e. The average Bonchev–Trinajstić information content (AvgIpc) is 3.14. The van der Waals surface area contributed by atoms with E-state index in [2.05, 4.69) is 46.5 Å². The Kier molecular flexibility index (Phi) is 4.39. The SMILES string of the molecule is Cc1cccc(C(=O)Nc2ccc(C3(c4nc5c(C)cccc5[nH]4)CCC3)cn2)c1. The van der Waals surface area contributed by atoms with Gasteiger partial charge in [-0.2, -0.15) is 0 Å². The summed E-state index contributed by atoms with van der Waals surface area (Å²) in [5, 5.41) is 2.90. The summed E-state index contributed by atoms with van der Waals surface area (Å²) in [5.41, 5.74) is 5.99. The molecule has 0 atom stereocenters. The molecule has 4 aromatic rings. The lowest BCUT2D eigenvalue weighted by molar-refractivity contribution is 0.102. The fourth-order valence-corrected chi connectivity index (χ4v) is 4.32. The minimum Gasteiger partial charge on any atom is -0.341 e. The van der Waals surface area contributed by atoms with Crippen molar-refractivity contribution in [2.75, 3.05) is 5.32 Å². The zero-order chi connectivity index (χ0) is 20.7. The van der Waals surface area contributed by atoms with Crippen LogP contribution in [0.4, 0.5) is 5.82 Å². The predicted octanol–water partition coefficient (Wildman–Crippen LogP) is 5.30. The van der Waals surface area contributed by atoms with Gasteiger partial charge in [0.05, 0.1) is 16.4 Å². The molecule has 0 saturated heterocycles. The molecule has 0 bridgehead atoms. The van der Waals surface area contributed by atoms with Crippen LogP contribution >= 0.6 is 0 Å². The van der Waals surface area contributed by atoms with Gasteiger partial charge in [-0.3, -0.25) is 4.79 Å². The van der Waals surface area contributed by atoms with E-state index in [-0.39, 0.29) is 11.3 Å². The number of anilines is 1. The highest BCUT2D eigenvalue weighted by Gasteiger charge is 2.43. The first kappa shape index (κ1) is 18.6. The number of aryl methyl sites for hydroxylation is 2. The molecule has 5 heteroatoms. The van der Waals surface area contributed by atoms with Gasteiger partial charge < -0.3 is 10.3 Å². The standard InChI is InChI=1S/C25H24N4O/c1-16-6-3-8-18(14-16)23(30)28-21-11-10-19(15-26-21)25(12-5-13-25)24-27-20-9-4-7-17(2)22(20)29-24/h3-4,6-11,14-15H,5,12-13H2,1-2H3,(H,27,29)(H,26,28,30). The molecule has 2 N–H and O–H groups in total. The molecule has 2 aromatic heterocycles. The fourth-order valence-electron chi connectivity index (χ4n) is 4.32. The number of pyridine rings is 1. The van der Waals surface area contributed by atoms with Gasteiger partial charge >= 0.3 is 0 Å². The monoisotopic (exact) mass is 396 g/mol. The van der Waals surface area contributed by atoms with Crippen molar-refractivity contribution in [3.05, 3.63) is 88.9 Å². The summed E-state index contributed by atoms with van der Waals surface area (Å²) in [7, 11) is 0. The molecule has 2 heterocycles. The second kappa shape index (κ2) is 7.10. The van der Waals surface area contributed by atoms with E-state index in [4.69, 9.17) is 4.98 Å². The molecule has 0 aliphatic heterocycles. The van der Waals surface area contributed by atoms with Gasteiger partial charge in [-0.15, -0.1) is 0 Å². The van der Waals surface area contributed by atoms with Crippen LogP contribution in [0, 0.1) is 13.8 Å². The van der Waals surface area contributed by atoms with Crippen LogP contribution in [0.3, 0.4) is 0 Å². The number of aromatic amines is 1. The Morgan fingerprint density at radius 2 is 1.90 bits per heavy atom. The van der Waals surface area contributed by atoms with Gasteiger partial charge in [-0.05, 0) is 62.1 Å². The summed E-state index contributed by atoms with van der Waals surface area (Å²) < 4.78 is 0. The first-order chi connectivity index (χ1) is 14.5. The minimum atomic E-state index is -0.148. The van der Waals surface area contributed by atoms with Crippen molar-refractivity contribution < 1.29 is 4.79 Å². The lowest BCUT2D eigenvalue weighted by Gasteiger charge is -2.40. The highest BCUT2D eigenvalue weighted by Crippen LogP contribution is 2.48. The van der Waals surface area contributed by atoms with E-state index in [9.17, 15) is 4.79 Å². The number of nitrogens with zero attached hydrogens (tertiary/aromatic N) is 2. The van der Waals surface area contributed by atoms with Crippen molar-refractivity contribution in [1.29, 1.82) is 0 Å². The Bertz CT molecular complexity index is 1240. The van der Waals surface area contributed by atoms with Crippen LogP contribution in [0.1, 0.15) is 52.1 Å². The lowest BCUT2D eigenvalue weighted by atomic mass is 9.64. The molecule has 5 rings (SSSR count). The zero-order valence-electron chi connectivity index (χ0n) is 17.2. The quantitative estimate of drug-likeness (QED) is 0.492. The van der Waals surface area contributed by atoms with Gasteiger partial charge in [0.25, 0.3) is 5.91 Å². The molecule has 0 radical (unpaired) electrons. The average molecular weight is 396 g/mol. The molecule has 30 heavy (non-hydrogen) atoms. The maximum atomic E-state index is 12.5. The van der Waals surface area contributed by atoms with Gasteiger partial charge in [-0.1, -0.05) is 42.3 Å². The van der Waals surface area contributed by atoms with E-state index in [0.717, 1.165) is 40.8 Å². The zero-order valence-corrected chi connectivity index (χ0v) is 17.2. The summed E-state index contributed by atoms with van der Waals surface area (Å²) in [4.78, 5) is 25.5. The van der Waals surface area contributed by atoms with Crippen LogP contribution in [-0.4, -0.2) is 20.9 Å². The third-order valence-electron chi connectivity index (χ3n) is 6.21. The molecule has 150 valence electrons. The molecule has 2 aromatic carbocycles. The van der Waals surface area contributed by atoms with Crippen molar-refractivity contribution in [3.8, 4) is 0 Å². The van der Waals surface area contributed by atoms with Gasteiger partial charge in [-0.25, -0.2) is 9.97 Å². The summed E-state index contributed by atoms with van der Waals surface area (Å²) in [6, 6.07) is 17.7. The second-order valence-corrected chi connectivity index (χ2v) is 8.25. The van der Waals surface area contributed by atoms with Crippen molar-refractivity contribution in [1.82, 2.24) is 15.0 Å². The minimum absolute atomic E-state index is 0.127. The predicted molar refractivity (Wildman–Crippen MR) is 119 cm³/mol. The second-order valence-electron chi connectivity index (χ2n) is 8.25. The lowest BCUT2D eigenvalue weighted by Crippen LogP contribution is -2.36. The number of benzene rings is 2. The summed E-state index contributed by atoms with van der Waals surface area (Å²) in [6.45, 7) is 4.06. The number of fused-ring (bicyclic) bond motifs is 1. The molecule has 1 aliphatic carbocycles. The van der Waals surface area contributed by atoms with Crippen molar-refractivity contribution >= 4 is 22.8 Å². The van der Waals surface area contributed by atoms with Crippen LogP contribution in [0.2, 0.25) is 0 Å². The Hall–Kier alpha value is -3.47. The van der Waals surface area contributed by atoms with Gasteiger partial charge in [0.2, 0.25) is 0 Å². The normalized spacial score (nSPS) is 15.0. The van der Waals surface area contributed by atoms with E-state index in [1.54, 1.807) is 0 Å². The third kappa shape index (κ3) is 3.07. The number of aromatic nitrogens is 3. The molecule has 0 spiro atoms. The third-order valence-corrected chi connectivity index (χ3v) is 6.21. The van der Waals surface area contributed by atoms with E-state index in [0.29, 0.717) is 11.4 Å². The molecule has 1 amide bonds. The van der Waals surface area contributed by atoms with Crippen LogP contribution < -0.4 is 5.32 Å². The van der Waals surface area contributed by atoms with Crippen LogP contribution in [0.15, 0.2) is 60.8 Å². The van der Waals surface area contributed by atoms with E-state index in [1.807, 2.05) is 43.5 Å². The molecular weight excluding hydrogens is 372 g/mol. The molecule has 1 saturated carbocycles. The molecule has 0 unspecified atom stereocenters. The summed E-state index contributed by atoms with van der Waals surface area (Å²) in [6.07, 6.45) is 5.14. The fraction of sp³-hybridized carbons (Fsp3) is 0.240. The summed E-state index contributed by atoms with van der Waals surface area (Å²) in [5.74, 6) is 1.42. The number of para-hydroxylation sites is 1. The number of hydrogen-bond donors (Lipinski definition) is 2. The first-order valence-corrected chi connectivity index (χ1v) is 10.4. The van der Waals surface area contributed by atoms with Crippen molar-refractivity contribution in [2.45, 2.75) is 38.5 Å². The van der Waals surface area contributed by atoms with Gasteiger partial charge in [0.1, 0.15) is 11.6 Å². The number of rotatable bonds is 4. The topological polar surface area (TPSA) is 70.7 Å². The number of H-pyrrole nitrogens is 1. The number of amides is 1. The van der Waals surface area contributed by atoms with Gasteiger partial charge in [0.15, 0.2) is 0 Å². The number of nitrogens with one attached hydrogen (secondary N) is 2. The molecular formula is C25H24N4O. The van der Waals surface area contributed by atoms with Crippen LogP contribution in [0.25, 0.3) is 11.0 Å². The summed E-state index contributed by atoms with van der Waals surface area (Å²) >= 11 is 0. The molecule has 1 aliphatic rings. The number of hydrogen-bond acceptors (Lipinski definition) is 3. The first-order valence-electron chi connectivity index (χ1n) is 10.4. The maximum absolute atomic E-state index is 12.5. The Morgan fingerprint density at radius 1 is 1.07 bits per heavy atom.